The minimum Gasteiger partial charge on any atom is -0.387 e. The summed E-state index contributed by atoms with van der Waals surface area (Å²) in [5.41, 5.74) is 2.36. The van der Waals surface area contributed by atoms with E-state index in [2.05, 4.69) is 0 Å². The lowest BCUT2D eigenvalue weighted by Gasteiger charge is -2.33. The second-order valence-electron chi connectivity index (χ2n) is 10.6. The first-order valence-corrected chi connectivity index (χ1v) is 12.7. The summed E-state index contributed by atoms with van der Waals surface area (Å²) in [6.45, 7) is 1.81. The molecule has 0 saturated heterocycles. The average molecular weight is 462 g/mol. The molecule has 3 saturated carbocycles. The first-order valence-electron chi connectivity index (χ1n) is 12.7. The zero-order valence-electron chi connectivity index (χ0n) is 20.2. The van der Waals surface area contributed by atoms with Gasteiger partial charge in [0.15, 0.2) is 0 Å². The number of nitrogens with zero attached hydrogens (tertiary/aromatic N) is 1. The van der Waals surface area contributed by atoms with E-state index in [0.29, 0.717) is 11.1 Å². The fourth-order valence-electron chi connectivity index (χ4n) is 7.16. The topological polar surface area (TPSA) is 69.7 Å². The third-order valence-electron chi connectivity index (χ3n) is 9.07. The van der Waals surface area contributed by atoms with Gasteiger partial charge in [-0.15, -0.1) is 5.06 Å². The lowest BCUT2D eigenvalue weighted by Crippen LogP contribution is -2.36. The van der Waals surface area contributed by atoms with Crippen LogP contribution >= 0.6 is 0 Å². The number of carbonyl (C=O) groups is 2. The van der Waals surface area contributed by atoms with Crippen molar-refractivity contribution in [3.8, 4) is 0 Å². The van der Waals surface area contributed by atoms with Crippen molar-refractivity contribution in [3.05, 3.63) is 71.3 Å². The summed E-state index contributed by atoms with van der Waals surface area (Å²) in [6.07, 6.45) is 9.02. The summed E-state index contributed by atoms with van der Waals surface area (Å²) in [6, 6.07) is 15.8. The number of carbonyl (C=O) groups excluding carboxylic acids is 2. The molecule has 5 heteroatoms. The summed E-state index contributed by atoms with van der Waals surface area (Å²) in [5, 5.41) is 12.0. The van der Waals surface area contributed by atoms with E-state index in [1.54, 1.807) is 38.2 Å². The van der Waals surface area contributed by atoms with Gasteiger partial charge in [0.05, 0.1) is 23.3 Å². The standard InChI is InChI=1S/C29H35NO4/c1-20(24(31)21-10-4-3-5-11-21)30(2)34-27(33)23-14-12-22(13-15-23)25(32)26-28-16-6-7-17-29(26,28)19-9-8-18-28/h3-5,10-15,20,24,26,31H,6-9,16-19H2,1-2H3/q+1. The van der Waals surface area contributed by atoms with E-state index in [9.17, 15) is 14.7 Å². The Balaban J connectivity index is 1.24. The number of hydrogen-bond acceptors (Lipinski definition) is 5. The van der Waals surface area contributed by atoms with E-state index in [0.717, 1.165) is 5.56 Å². The normalized spacial score (nSPS) is 29.5. The lowest BCUT2D eigenvalue weighted by molar-refractivity contribution is -0.139. The fraction of sp³-hybridized carbons (Fsp3) is 0.517. The zero-order chi connectivity index (χ0) is 23.9. The Morgan fingerprint density at radius 1 is 0.941 bits per heavy atom. The second kappa shape index (κ2) is 8.94. The molecule has 179 valence electrons. The van der Waals surface area contributed by atoms with E-state index in [1.165, 1.54) is 56.4 Å². The van der Waals surface area contributed by atoms with Gasteiger partial charge in [-0.25, -0.2) is 4.79 Å². The Hall–Kier alpha value is -2.50. The highest BCUT2D eigenvalue weighted by molar-refractivity contribution is 6.02. The molecule has 2 unspecified atom stereocenters. The van der Waals surface area contributed by atoms with Crippen LogP contribution in [-0.4, -0.2) is 35.0 Å². The molecule has 3 aliphatic carbocycles. The largest absolute Gasteiger partial charge is 0.478 e. The van der Waals surface area contributed by atoms with E-state index in [4.69, 9.17) is 4.84 Å². The van der Waals surface area contributed by atoms with Crippen molar-refractivity contribution in [3.63, 3.8) is 0 Å². The van der Waals surface area contributed by atoms with E-state index in [-0.39, 0.29) is 22.5 Å². The highest BCUT2D eigenvalue weighted by Crippen LogP contribution is 2.81. The predicted molar refractivity (Wildman–Crippen MR) is 130 cm³/mol. The maximum Gasteiger partial charge on any atom is 0.478 e. The summed E-state index contributed by atoms with van der Waals surface area (Å²) in [4.78, 5) is 31.8. The number of hydrogen-bond donors (Lipinski definition) is 1. The van der Waals surface area contributed by atoms with Crippen molar-refractivity contribution in [1.29, 1.82) is 0 Å². The van der Waals surface area contributed by atoms with Crippen LogP contribution in [0.2, 0.25) is 0 Å². The third kappa shape index (κ3) is 3.70. The molecule has 0 aromatic heterocycles. The Bertz CT molecular complexity index is 1010. The highest BCUT2D eigenvalue weighted by Gasteiger charge is 2.81. The Labute approximate surface area is 202 Å². The number of likely N-dealkylation sites (N-methyl/N-ethyl adjacent to an activating group) is 1. The van der Waals surface area contributed by atoms with Crippen LogP contribution in [0.25, 0.3) is 0 Å². The van der Waals surface area contributed by atoms with Gasteiger partial charge in [-0.1, -0.05) is 56.0 Å². The number of aliphatic hydroxyl groups is 1. The molecule has 1 N–H and O–H groups in total. The summed E-state index contributed by atoms with van der Waals surface area (Å²) < 4.78 is 0. The molecule has 2 atom stereocenters. The monoisotopic (exact) mass is 461 g/mol. The molecule has 1 radical (unpaired) electrons. The van der Waals surface area contributed by atoms with Gasteiger partial charge >= 0.3 is 11.8 Å². The predicted octanol–water partition coefficient (Wildman–Crippen LogP) is 5.75. The molecule has 3 fully saturated rings. The summed E-state index contributed by atoms with van der Waals surface area (Å²) in [7, 11) is 1.64. The number of aliphatic hydroxyl groups excluding tert-OH is 1. The summed E-state index contributed by atoms with van der Waals surface area (Å²) in [5.74, 6) is -0.0748. The molecular weight excluding hydrogens is 426 g/mol. The van der Waals surface area contributed by atoms with Crippen molar-refractivity contribution in [1.82, 2.24) is 5.06 Å². The van der Waals surface area contributed by atoms with Crippen LogP contribution < -0.4 is 0 Å². The fourth-order valence-corrected chi connectivity index (χ4v) is 7.16. The maximum absolute atomic E-state index is 13.5. The number of Topliss-reactive ketones (excluding diaryl/α,β-unsaturated/α-hetero) is 1. The van der Waals surface area contributed by atoms with Crippen molar-refractivity contribution < 1.29 is 19.5 Å². The lowest BCUT2D eigenvalue weighted by atomic mass is 9.71. The van der Waals surface area contributed by atoms with Gasteiger partial charge in [0.25, 0.3) is 0 Å². The molecule has 34 heavy (non-hydrogen) atoms. The minimum atomic E-state index is -0.789. The zero-order valence-corrected chi connectivity index (χ0v) is 20.2. The van der Waals surface area contributed by atoms with Gasteiger partial charge in [0, 0.05) is 7.05 Å². The minimum absolute atomic E-state index is 0.161. The number of benzene rings is 2. The van der Waals surface area contributed by atoms with Crippen LogP contribution in [-0.2, 0) is 4.84 Å². The maximum atomic E-state index is 13.5. The van der Waals surface area contributed by atoms with E-state index in [1.807, 2.05) is 30.3 Å². The molecule has 2 aromatic rings. The quantitative estimate of drug-likeness (QED) is 0.323. The second-order valence-corrected chi connectivity index (χ2v) is 10.6. The van der Waals surface area contributed by atoms with Gasteiger partial charge in [-0.05, 0) is 73.3 Å². The van der Waals surface area contributed by atoms with Crippen molar-refractivity contribution >= 4 is 11.8 Å². The van der Waals surface area contributed by atoms with Crippen molar-refractivity contribution in [2.45, 2.75) is 70.4 Å². The van der Waals surface area contributed by atoms with Crippen molar-refractivity contribution in [2.24, 2.45) is 16.7 Å². The van der Waals surface area contributed by atoms with Gasteiger partial charge in [-0.2, -0.15) is 0 Å². The molecule has 5 nitrogen and oxygen atoms in total. The number of rotatable bonds is 7. The van der Waals surface area contributed by atoms with Gasteiger partial charge < -0.3 is 9.94 Å². The van der Waals surface area contributed by atoms with Crippen molar-refractivity contribution in [2.75, 3.05) is 7.05 Å². The SMILES string of the molecule is CC(C(O)c1ccccc1)N(C)OC(=O)c1ccc(C(=[O+])C2C34CCCCC23CCCC4)cc1. The van der Waals surface area contributed by atoms with Crippen LogP contribution in [0.4, 0.5) is 0 Å². The Morgan fingerprint density at radius 2 is 1.44 bits per heavy atom. The molecule has 0 amide bonds. The van der Waals surface area contributed by atoms with Crippen LogP contribution in [0.5, 0.6) is 0 Å². The van der Waals surface area contributed by atoms with Gasteiger partial charge in [0.2, 0.25) is 4.79 Å². The number of ketones is 1. The first kappa shape index (κ1) is 23.3. The highest BCUT2D eigenvalue weighted by atomic mass is 16.7. The van der Waals surface area contributed by atoms with E-state index >= 15 is 0 Å². The Kier molecular flexibility index (Phi) is 6.11. The third-order valence-corrected chi connectivity index (χ3v) is 9.07. The van der Waals surface area contributed by atoms with Crippen LogP contribution in [0, 0.1) is 16.7 Å². The molecule has 0 heterocycles. The first-order chi connectivity index (χ1) is 16.4. The smallest absolute Gasteiger partial charge is 0.387 e. The van der Waals surface area contributed by atoms with Gasteiger partial charge in [-0.3, -0.25) is 0 Å². The molecule has 0 aliphatic heterocycles. The molecule has 0 spiro atoms. The van der Waals surface area contributed by atoms with E-state index < -0.39 is 18.1 Å². The molecule has 3 aliphatic rings. The van der Waals surface area contributed by atoms with Crippen LogP contribution in [0.15, 0.2) is 54.6 Å². The number of hydroxylamine groups is 2. The molecule has 2 aromatic carbocycles. The van der Waals surface area contributed by atoms with Crippen LogP contribution in [0.1, 0.15) is 90.7 Å². The van der Waals surface area contributed by atoms with Crippen LogP contribution in [0.3, 0.4) is 0 Å². The Morgan fingerprint density at radius 3 is 1.97 bits per heavy atom. The average Bonchev–Trinajstić information content (AvgIpc) is 3.52. The summed E-state index contributed by atoms with van der Waals surface area (Å²) >= 11 is 0. The molecule has 5 rings (SSSR count). The molecule has 0 bridgehead atoms. The molecular formula is C29H35NO4+. The van der Waals surface area contributed by atoms with Gasteiger partial charge in [0.1, 0.15) is 5.92 Å².